The van der Waals surface area contributed by atoms with Gasteiger partial charge < -0.3 is 10.1 Å². The molecule has 0 saturated heterocycles. The molecular formula is C16H16N2O3S. The van der Waals surface area contributed by atoms with Crippen LogP contribution in [0.15, 0.2) is 42.6 Å². The number of ketones is 1. The molecule has 0 fully saturated rings. The number of thioether (sulfide) groups is 1. The fraction of sp³-hybridized carbons (Fsp3) is 0.188. The molecule has 0 aliphatic carbocycles. The first-order valence-electron chi connectivity index (χ1n) is 6.62. The van der Waals surface area contributed by atoms with Crippen LogP contribution < -0.4 is 10.1 Å². The minimum absolute atomic E-state index is 0.0716. The number of carbonyl (C=O) groups excluding carboxylic acids is 2. The van der Waals surface area contributed by atoms with Crippen molar-refractivity contribution >= 4 is 34.2 Å². The summed E-state index contributed by atoms with van der Waals surface area (Å²) >= 11 is 0.999. The van der Waals surface area contributed by atoms with E-state index in [2.05, 4.69) is 10.3 Å². The fourth-order valence-corrected chi connectivity index (χ4v) is 2.23. The van der Waals surface area contributed by atoms with Gasteiger partial charge in [0.2, 0.25) is 0 Å². The van der Waals surface area contributed by atoms with Crippen LogP contribution in [0.25, 0.3) is 0 Å². The lowest BCUT2D eigenvalue weighted by molar-refractivity contribution is -0.109. The molecule has 0 spiro atoms. The Labute approximate surface area is 133 Å². The fourth-order valence-electron chi connectivity index (χ4n) is 1.73. The molecule has 0 aliphatic rings. The summed E-state index contributed by atoms with van der Waals surface area (Å²) in [4.78, 5) is 26.9. The largest absolute Gasteiger partial charge is 0.497 e. The highest BCUT2D eigenvalue weighted by atomic mass is 32.2. The van der Waals surface area contributed by atoms with Gasteiger partial charge in [-0.15, -0.1) is 0 Å². The van der Waals surface area contributed by atoms with Gasteiger partial charge in [0.25, 0.3) is 0 Å². The van der Waals surface area contributed by atoms with Crippen LogP contribution >= 0.6 is 11.8 Å². The van der Waals surface area contributed by atoms with Crippen molar-refractivity contribution in [2.24, 2.45) is 0 Å². The van der Waals surface area contributed by atoms with Gasteiger partial charge in [0, 0.05) is 30.4 Å². The van der Waals surface area contributed by atoms with Gasteiger partial charge in [-0.1, -0.05) is 17.8 Å². The molecule has 6 heteroatoms. The minimum Gasteiger partial charge on any atom is -0.497 e. The third-order valence-corrected chi connectivity index (χ3v) is 3.65. The molecule has 0 aliphatic heterocycles. The molecular weight excluding hydrogens is 300 g/mol. The number of carbonyl (C=O) groups is 2. The average molecular weight is 316 g/mol. The van der Waals surface area contributed by atoms with Crippen LogP contribution in [0.4, 0.5) is 11.5 Å². The molecule has 0 saturated carbocycles. The summed E-state index contributed by atoms with van der Waals surface area (Å²) in [5.74, 6) is 1.40. The Morgan fingerprint density at radius 3 is 2.73 bits per heavy atom. The van der Waals surface area contributed by atoms with Gasteiger partial charge >= 0.3 is 0 Å². The van der Waals surface area contributed by atoms with Gasteiger partial charge in [-0.05, 0) is 24.3 Å². The number of pyridine rings is 1. The van der Waals surface area contributed by atoms with Crippen LogP contribution in [-0.4, -0.2) is 28.7 Å². The van der Waals surface area contributed by atoms with Gasteiger partial charge in [0.1, 0.15) is 11.6 Å². The number of Topliss-reactive ketones (excluding diaryl/α,β-unsaturated/α-hetero) is 1. The first-order valence-corrected chi connectivity index (χ1v) is 7.61. The number of nitrogens with one attached hydrogen (secondary N) is 1. The highest BCUT2D eigenvalue weighted by Crippen LogP contribution is 2.20. The Morgan fingerprint density at radius 2 is 2.09 bits per heavy atom. The molecule has 0 radical (unpaired) electrons. The maximum Gasteiger partial charge on any atom is 0.186 e. The van der Waals surface area contributed by atoms with Crippen molar-refractivity contribution in [2.45, 2.75) is 6.92 Å². The van der Waals surface area contributed by atoms with Crippen LogP contribution in [0.5, 0.6) is 5.75 Å². The zero-order chi connectivity index (χ0) is 15.9. The van der Waals surface area contributed by atoms with Gasteiger partial charge in [0.15, 0.2) is 10.9 Å². The second kappa shape index (κ2) is 7.61. The summed E-state index contributed by atoms with van der Waals surface area (Å²) in [5, 5.41) is 3.06. The SMILES string of the molecule is COc1cccc(Nc2ccc(C(=O)CSC(C)=O)cn2)c1. The number of hydrogen-bond acceptors (Lipinski definition) is 6. The molecule has 22 heavy (non-hydrogen) atoms. The molecule has 0 amide bonds. The molecule has 1 aromatic carbocycles. The lowest BCUT2D eigenvalue weighted by Crippen LogP contribution is -2.05. The predicted octanol–water partition coefficient (Wildman–Crippen LogP) is 3.30. The minimum atomic E-state index is -0.111. The Bertz CT molecular complexity index is 671. The average Bonchev–Trinajstić information content (AvgIpc) is 2.53. The molecule has 2 aromatic rings. The molecule has 0 atom stereocenters. The van der Waals surface area contributed by atoms with Crippen molar-refractivity contribution < 1.29 is 14.3 Å². The van der Waals surface area contributed by atoms with Crippen molar-refractivity contribution in [3.8, 4) is 5.75 Å². The first-order chi connectivity index (χ1) is 10.6. The van der Waals surface area contributed by atoms with E-state index >= 15 is 0 Å². The molecule has 1 heterocycles. The van der Waals surface area contributed by atoms with Crippen LogP contribution in [0.3, 0.4) is 0 Å². The molecule has 0 unspecified atom stereocenters. The second-order valence-corrected chi connectivity index (χ2v) is 5.64. The maximum absolute atomic E-state index is 11.9. The van der Waals surface area contributed by atoms with Crippen LogP contribution in [0.1, 0.15) is 17.3 Å². The standard InChI is InChI=1S/C16H16N2O3S/c1-11(19)22-10-15(20)12-6-7-16(17-9-12)18-13-4-3-5-14(8-13)21-2/h3-9H,10H2,1-2H3,(H,17,18). The zero-order valence-electron chi connectivity index (χ0n) is 12.3. The summed E-state index contributed by atoms with van der Waals surface area (Å²) in [6, 6.07) is 10.9. The number of benzene rings is 1. The number of ether oxygens (including phenoxy) is 1. The van der Waals surface area contributed by atoms with E-state index in [1.807, 2.05) is 24.3 Å². The second-order valence-electron chi connectivity index (χ2n) is 4.49. The first kappa shape index (κ1) is 16.0. The number of anilines is 2. The molecule has 1 aromatic heterocycles. The van der Waals surface area contributed by atoms with E-state index in [0.717, 1.165) is 23.2 Å². The van der Waals surface area contributed by atoms with Crippen LogP contribution in [-0.2, 0) is 4.79 Å². The van der Waals surface area contributed by atoms with E-state index in [1.165, 1.54) is 13.1 Å². The van der Waals surface area contributed by atoms with Gasteiger partial charge in [-0.25, -0.2) is 4.98 Å². The third-order valence-electron chi connectivity index (χ3n) is 2.83. The molecule has 0 bridgehead atoms. The monoisotopic (exact) mass is 316 g/mol. The van der Waals surface area contributed by atoms with Crippen LogP contribution in [0, 0.1) is 0 Å². The van der Waals surface area contributed by atoms with Gasteiger partial charge in [-0.3, -0.25) is 9.59 Å². The number of nitrogens with zero attached hydrogens (tertiary/aromatic N) is 1. The van der Waals surface area contributed by atoms with E-state index in [4.69, 9.17) is 4.74 Å². The normalized spacial score (nSPS) is 10.1. The van der Waals surface area contributed by atoms with E-state index in [9.17, 15) is 9.59 Å². The van der Waals surface area contributed by atoms with Crippen molar-refractivity contribution in [3.05, 3.63) is 48.2 Å². The predicted molar refractivity (Wildman–Crippen MR) is 88.0 cm³/mol. The van der Waals surface area contributed by atoms with Crippen molar-refractivity contribution in [1.82, 2.24) is 4.98 Å². The topological polar surface area (TPSA) is 68.3 Å². The highest BCUT2D eigenvalue weighted by Gasteiger charge is 2.08. The Balaban J connectivity index is 2.02. The van der Waals surface area contributed by atoms with Gasteiger partial charge in [0.05, 0.1) is 12.9 Å². The van der Waals surface area contributed by atoms with E-state index in [-0.39, 0.29) is 16.7 Å². The maximum atomic E-state index is 11.9. The third kappa shape index (κ3) is 4.60. The molecule has 1 N–H and O–H groups in total. The quantitative estimate of drug-likeness (QED) is 0.825. The van der Waals surface area contributed by atoms with E-state index in [1.54, 1.807) is 19.2 Å². The summed E-state index contributed by atoms with van der Waals surface area (Å²) < 4.78 is 5.15. The molecule has 5 nitrogen and oxygen atoms in total. The number of methoxy groups -OCH3 is 1. The summed E-state index contributed by atoms with van der Waals surface area (Å²) in [6.07, 6.45) is 1.51. The lowest BCUT2D eigenvalue weighted by Gasteiger charge is -2.07. The number of hydrogen-bond donors (Lipinski definition) is 1. The van der Waals surface area contributed by atoms with E-state index < -0.39 is 0 Å². The Morgan fingerprint density at radius 1 is 1.27 bits per heavy atom. The van der Waals surface area contributed by atoms with Crippen molar-refractivity contribution in [1.29, 1.82) is 0 Å². The Hall–Kier alpha value is -2.34. The number of aromatic nitrogens is 1. The Kier molecular flexibility index (Phi) is 5.55. The highest BCUT2D eigenvalue weighted by molar-refractivity contribution is 8.14. The van der Waals surface area contributed by atoms with Crippen molar-refractivity contribution in [2.75, 3.05) is 18.2 Å². The van der Waals surface area contributed by atoms with Crippen molar-refractivity contribution in [3.63, 3.8) is 0 Å². The summed E-state index contributed by atoms with van der Waals surface area (Å²) in [6.45, 7) is 1.44. The van der Waals surface area contributed by atoms with E-state index in [0.29, 0.717) is 11.4 Å². The smallest absolute Gasteiger partial charge is 0.186 e. The van der Waals surface area contributed by atoms with Crippen LogP contribution in [0.2, 0.25) is 0 Å². The molecule has 114 valence electrons. The van der Waals surface area contributed by atoms with Gasteiger partial charge in [-0.2, -0.15) is 0 Å². The summed E-state index contributed by atoms with van der Waals surface area (Å²) in [7, 11) is 1.61. The zero-order valence-corrected chi connectivity index (χ0v) is 13.1. The lowest BCUT2D eigenvalue weighted by atomic mass is 10.2. The molecule has 2 rings (SSSR count). The summed E-state index contributed by atoms with van der Waals surface area (Å²) in [5.41, 5.74) is 1.34. The number of rotatable bonds is 6.